The van der Waals surface area contributed by atoms with Crippen molar-refractivity contribution in [2.24, 2.45) is 0 Å². The van der Waals surface area contributed by atoms with Crippen molar-refractivity contribution in [3.63, 3.8) is 0 Å². The fraction of sp³-hybridized carbons (Fsp3) is 0.800. The normalized spacial score (nSPS) is 16.2. The van der Waals surface area contributed by atoms with Crippen molar-refractivity contribution in [3.05, 3.63) is 12.8 Å². The van der Waals surface area contributed by atoms with Crippen molar-refractivity contribution in [1.29, 1.82) is 0 Å². The Morgan fingerprint density at radius 2 is 0.679 bits per heavy atom. The van der Waals surface area contributed by atoms with Gasteiger partial charge in [0.25, 0.3) is 0 Å². The average molecular weight is 462 g/mol. The molecule has 0 saturated heterocycles. The summed E-state index contributed by atoms with van der Waals surface area (Å²) in [5, 5.41) is 0. The summed E-state index contributed by atoms with van der Waals surface area (Å²) in [6.07, 6.45) is -15.5. The third kappa shape index (κ3) is 3.11. The van der Waals surface area contributed by atoms with E-state index in [-0.39, 0.29) is 0 Å². The van der Waals surface area contributed by atoms with Gasteiger partial charge in [0.2, 0.25) is 0 Å². The second-order valence-corrected chi connectivity index (χ2v) is 4.75. The molecule has 0 saturated carbocycles. The number of ether oxygens (including phenoxy) is 1. The molecule has 0 unspecified atom stereocenters. The van der Waals surface area contributed by atoms with Gasteiger partial charge in [-0.3, -0.25) is 0 Å². The SMILES string of the molecule is C=COC(F)(F)C(F)(F)C(F)(F)C(F)(F)C(F)(F)C(F)(F)C(F)(F)C(F)(F)F. The minimum atomic E-state index is -8.64. The van der Waals surface area contributed by atoms with Gasteiger partial charge in [0.1, 0.15) is 0 Å². The van der Waals surface area contributed by atoms with Crippen LogP contribution in [0.5, 0.6) is 0 Å². The molecule has 0 aliphatic rings. The predicted octanol–water partition coefficient (Wildman–Crippen LogP) is 6.11. The van der Waals surface area contributed by atoms with Gasteiger partial charge in [-0.1, -0.05) is 6.58 Å². The molecule has 0 spiro atoms. The highest BCUT2D eigenvalue weighted by molar-refractivity contribution is 5.14. The van der Waals surface area contributed by atoms with Crippen LogP contribution in [-0.2, 0) is 4.74 Å². The Morgan fingerprint density at radius 1 is 0.429 bits per heavy atom. The first-order chi connectivity index (χ1) is 11.8. The quantitative estimate of drug-likeness (QED) is 0.313. The maximum Gasteiger partial charge on any atom is 0.470 e. The lowest BCUT2D eigenvalue weighted by molar-refractivity contribution is -0.474. The van der Waals surface area contributed by atoms with E-state index in [0.29, 0.717) is 0 Å². The molecule has 0 aromatic heterocycles. The van der Waals surface area contributed by atoms with E-state index in [2.05, 4.69) is 11.3 Å². The van der Waals surface area contributed by atoms with Gasteiger partial charge in [-0.15, -0.1) is 0 Å². The Bertz CT molecular complexity index is 585. The minimum absolute atomic E-state index is 0.813. The summed E-state index contributed by atoms with van der Waals surface area (Å²) in [6.45, 7) is 2.09. The van der Waals surface area contributed by atoms with Gasteiger partial charge in [0, 0.05) is 0 Å². The summed E-state index contributed by atoms with van der Waals surface area (Å²) in [5.74, 6) is -50.1. The van der Waals surface area contributed by atoms with Crippen LogP contribution in [0.25, 0.3) is 0 Å². The molecule has 0 heterocycles. The van der Waals surface area contributed by atoms with Gasteiger partial charge in [-0.2, -0.15) is 74.6 Å². The lowest BCUT2D eigenvalue weighted by atomic mass is 9.90. The van der Waals surface area contributed by atoms with E-state index in [1.54, 1.807) is 0 Å². The van der Waals surface area contributed by atoms with E-state index < -0.39 is 54.1 Å². The second-order valence-electron chi connectivity index (χ2n) is 4.75. The van der Waals surface area contributed by atoms with Gasteiger partial charge in [0.05, 0.1) is 6.26 Å². The first kappa shape index (κ1) is 26.3. The zero-order chi connectivity index (χ0) is 23.4. The molecule has 1 nitrogen and oxygen atoms in total. The molecule has 0 fully saturated rings. The van der Waals surface area contributed by atoms with Crippen LogP contribution >= 0.6 is 0 Å². The number of hydrogen-bond acceptors (Lipinski definition) is 1. The molecule has 0 atom stereocenters. The minimum Gasteiger partial charge on any atom is -0.436 e. The zero-order valence-corrected chi connectivity index (χ0v) is 12.1. The topological polar surface area (TPSA) is 9.23 Å². The van der Waals surface area contributed by atoms with Crippen LogP contribution in [0.2, 0.25) is 0 Å². The predicted molar refractivity (Wildman–Crippen MR) is 52.0 cm³/mol. The van der Waals surface area contributed by atoms with Crippen molar-refractivity contribution in [2.75, 3.05) is 0 Å². The van der Waals surface area contributed by atoms with Crippen LogP contribution in [0.15, 0.2) is 12.8 Å². The summed E-state index contributed by atoms with van der Waals surface area (Å²) >= 11 is 0. The van der Waals surface area contributed by atoms with Crippen molar-refractivity contribution in [3.8, 4) is 0 Å². The first-order valence-electron chi connectivity index (χ1n) is 5.81. The lowest BCUT2D eigenvalue weighted by Gasteiger charge is -2.42. The highest BCUT2D eigenvalue weighted by Crippen LogP contribution is 2.63. The molecule has 0 bridgehead atoms. The number of alkyl halides is 17. The molecule has 0 aliphatic heterocycles. The molecule has 0 aromatic carbocycles. The molecule has 0 aromatic rings. The largest absolute Gasteiger partial charge is 0.470 e. The van der Waals surface area contributed by atoms with E-state index in [1.165, 1.54) is 0 Å². The van der Waals surface area contributed by atoms with E-state index in [1.807, 2.05) is 0 Å². The van der Waals surface area contributed by atoms with E-state index in [9.17, 15) is 74.6 Å². The summed E-state index contributed by atoms with van der Waals surface area (Å²) in [6, 6.07) is 0. The third-order valence-electron chi connectivity index (χ3n) is 2.92. The summed E-state index contributed by atoms with van der Waals surface area (Å²) < 4.78 is 218. The Balaban J connectivity index is 6.67. The van der Waals surface area contributed by atoms with E-state index in [0.717, 1.165) is 0 Å². The summed E-state index contributed by atoms with van der Waals surface area (Å²) in [7, 11) is 0. The van der Waals surface area contributed by atoms with Crippen LogP contribution < -0.4 is 0 Å². The molecule has 28 heavy (non-hydrogen) atoms. The maximum absolute atomic E-state index is 13.1. The lowest BCUT2D eigenvalue weighted by Crippen LogP contribution is -2.74. The fourth-order valence-corrected chi connectivity index (χ4v) is 1.33. The highest BCUT2D eigenvalue weighted by atomic mass is 19.4. The smallest absolute Gasteiger partial charge is 0.436 e. The number of halogens is 17. The van der Waals surface area contributed by atoms with Crippen LogP contribution in [0, 0.1) is 0 Å². The van der Waals surface area contributed by atoms with Crippen molar-refractivity contribution >= 4 is 0 Å². The second kappa shape index (κ2) is 6.43. The Labute approximate surface area is 141 Å². The molecule has 18 heteroatoms. The van der Waals surface area contributed by atoms with Gasteiger partial charge < -0.3 is 4.74 Å². The summed E-state index contributed by atoms with van der Waals surface area (Å²) in [5.41, 5.74) is 0. The van der Waals surface area contributed by atoms with Crippen LogP contribution in [0.1, 0.15) is 0 Å². The molecule has 168 valence electrons. The Kier molecular flexibility index (Phi) is 6.05. The van der Waals surface area contributed by atoms with Crippen LogP contribution in [0.3, 0.4) is 0 Å². The van der Waals surface area contributed by atoms with Crippen LogP contribution in [0.4, 0.5) is 74.6 Å². The fourth-order valence-electron chi connectivity index (χ4n) is 1.33. The number of rotatable bonds is 8. The van der Waals surface area contributed by atoms with Gasteiger partial charge in [-0.25, -0.2) is 0 Å². The maximum atomic E-state index is 13.1. The average Bonchev–Trinajstić information content (AvgIpc) is 2.44. The molecule has 0 rings (SSSR count). The third-order valence-corrected chi connectivity index (χ3v) is 2.92. The monoisotopic (exact) mass is 462 g/mol. The van der Waals surface area contributed by atoms with Gasteiger partial charge in [-0.05, 0) is 0 Å². The zero-order valence-electron chi connectivity index (χ0n) is 12.1. The van der Waals surface area contributed by atoms with Crippen LogP contribution in [-0.4, -0.2) is 47.8 Å². The van der Waals surface area contributed by atoms with Crippen molar-refractivity contribution < 1.29 is 79.4 Å². The molecule has 0 N–H and O–H groups in total. The molecule has 0 aliphatic carbocycles. The number of hydrogen-bond donors (Lipinski definition) is 0. The highest BCUT2D eigenvalue weighted by Gasteiger charge is 2.95. The van der Waals surface area contributed by atoms with Gasteiger partial charge >= 0.3 is 47.8 Å². The van der Waals surface area contributed by atoms with E-state index >= 15 is 0 Å². The van der Waals surface area contributed by atoms with Crippen molar-refractivity contribution in [1.82, 2.24) is 0 Å². The molecule has 0 amide bonds. The van der Waals surface area contributed by atoms with Crippen molar-refractivity contribution in [2.45, 2.75) is 47.8 Å². The Hall–Kier alpha value is -1.65. The standard InChI is InChI=1S/C10H3F17O/c1-2-28-10(26,27)8(21,22)6(17,18)4(13,14)3(11,12)5(15,16)7(19,20)9(23,24)25/h2H,1H2. The van der Waals surface area contributed by atoms with Gasteiger partial charge in [0.15, 0.2) is 0 Å². The first-order valence-corrected chi connectivity index (χ1v) is 5.81. The van der Waals surface area contributed by atoms with E-state index in [4.69, 9.17) is 0 Å². The molecule has 0 radical (unpaired) electrons. The molecular weight excluding hydrogens is 459 g/mol. The molecular formula is C10H3F17O. The summed E-state index contributed by atoms with van der Waals surface area (Å²) in [4.78, 5) is 0. The Morgan fingerprint density at radius 3 is 0.929 bits per heavy atom.